The second-order valence-corrected chi connectivity index (χ2v) is 16.6. The summed E-state index contributed by atoms with van der Waals surface area (Å²) in [5, 5.41) is 8.89. The van der Waals surface area contributed by atoms with Gasteiger partial charge in [0.1, 0.15) is 12.6 Å². The van der Waals surface area contributed by atoms with Gasteiger partial charge < -0.3 is 25.2 Å². The second kappa shape index (κ2) is 41.2. The smallest absolute Gasteiger partial charge is 0.472 e. The third-order valence-electron chi connectivity index (χ3n) is 9.55. The van der Waals surface area contributed by atoms with Gasteiger partial charge in [0.05, 0.1) is 13.2 Å². The fourth-order valence-corrected chi connectivity index (χ4v) is 6.73. The molecular weight excluding hydrogens is 757 g/mol. The van der Waals surface area contributed by atoms with Crippen molar-refractivity contribution in [3.8, 4) is 0 Å². The van der Waals surface area contributed by atoms with Gasteiger partial charge in [-0.15, -0.1) is 0 Å². The lowest BCUT2D eigenvalue weighted by Crippen LogP contribution is -2.34. The van der Waals surface area contributed by atoms with Crippen molar-refractivity contribution in [1.29, 1.82) is 0 Å². The zero-order valence-electron chi connectivity index (χ0n) is 36.4. The number of allylic oxidation sites excluding steroid dienone is 8. The van der Waals surface area contributed by atoms with E-state index in [1.54, 1.807) is 0 Å². The van der Waals surface area contributed by atoms with Gasteiger partial charge in [0.15, 0.2) is 6.10 Å². The summed E-state index contributed by atoms with van der Waals surface area (Å²) in [5.41, 5.74) is 5.33. The Morgan fingerprint density at radius 2 is 0.914 bits per heavy atom. The number of phosphoric ester groups is 1. The van der Waals surface area contributed by atoms with Gasteiger partial charge in [0, 0.05) is 12.8 Å². The third-order valence-corrected chi connectivity index (χ3v) is 10.5. The van der Waals surface area contributed by atoms with Gasteiger partial charge in [-0.05, 0) is 77.0 Å². The van der Waals surface area contributed by atoms with Gasteiger partial charge in [-0.3, -0.25) is 23.4 Å². The van der Waals surface area contributed by atoms with Crippen molar-refractivity contribution in [2.45, 2.75) is 206 Å². The fourth-order valence-electron chi connectivity index (χ4n) is 5.95. The standard InChI is InChI=1S/C46H82NO10P/c1-3-5-7-9-11-13-15-17-19-20-21-22-24-26-28-30-32-34-36-38-45(49)57-42(40-55-58(52,53)56-41-43(47)46(50)51)39-54-44(48)37-35-33-31-29-27-25-23-18-16-14-12-10-8-6-4-2/h12,14,17-19,23,27,29,42-43H,3-11,13,15-16,20-22,24-26,28,30-41,47H2,1-2H3,(H,50,51)(H,52,53)/b14-12+,19-17+,23-18+,29-27+/t42-,43+/m1/s1. The monoisotopic (exact) mass is 840 g/mol. The molecule has 1 unspecified atom stereocenters. The SMILES string of the molecule is CCCCC/C=C/C/C=C/C/C=C/CCCCC(=O)OC[C@H](COP(=O)(O)OC[C@H](N)C(=O)O)OC(=O)CCCCCCCCCCC/C=C/CCCCCCCC. The molecule has 0 saturated carbocycles. The van der Waals surface area contributed by atoms with Crippen LogP contribution >= 0.6 is 7.82 Å². The highest BCUT2D eigenvalue weighted by Crippen LogP contribution is 2.43. The molecule has 0 fully saturated rings. The lowest BCUT2D eigenvalue weighted by molar-refractivity contribution is -0.161. The fraction of sp³-hybridized carbons (Fsp3) is 0.761. The molecule has 12 heteroatoms. The Morgan fingerprint density at radius 3 is 1.45 bits per heavy atom. The molecule has 0 aromatic carbocycles. The predicted octanol–water partition coefficient (Wildman–Crippen LogP) is 12.2. The van der Waals surface area contributed by atoms with E-state index in [-0.39, 0.29) is 19.4 Å². The van der Waals surface area contributed by atoms with Gasteiger partial charge in [-0.2, -0.15) is 0 Å². The molecule has 0 aromatic rings. The van der Waals surface area contributed by atoms with E-state index >= 15 is 0 Å². The van der Waals surface area contributed by atoms with E-state index in [4.69, 9.17) is 24.8 Å². The average Bonchev–Trinajstić information content (AvgIpc) is 3.20. The number of hydrogen-bond acceptors (Lipinski definition) is 9. The number of carbonyl (C=O) groups excluding carboxylic acids is 2. The Morgan fingerprint density at radius 1 is 0.534 bits per heavy atom. The quantitative estimate of drug-likeness (QED) is 0.0231. The molecule has 4 N–H and O–H groups in total. The summed E-state index contributed by atoms with van der Waals surface area (Å²) in [5.74, 6) is -2.43. The average molecular weight is 840 g/mol. The van der Waals surface area contributed by atoms with Crippen LogP contribution < -0.4 is 5.73 Å². The summed E-state index contributed by atoms with van der Waals surface area (Å²) in [7, 11) is -4.73. The molecule has 0 aliphatic carbocycles. The first-order chi connectivity index (χ1) is 28.1. The Labute approximate surface area is 352 Å². The Balaban J connectivity index is 4.38. The van der Waals surface area contributed by atoms with E-state index in [1.807, 2.05) is 0 Å². The number of aliphatic carboxylic acids is 1. The minimum Gasteiger partial charge on any atom is -0.480 e. The Kier molecular flexibility index (Phi) is 39.4. The molecule has 336 valence electrons. The number of rotatable bonds is 42. The zero-order chi connectivity index (χ0) is 42.8. The summed E-state index contributed by atoms with van der Waals surface area (Å²) >= 11 is 0. The van der Waals surface area contributed by atoms with Crippen molar-refractivity contribution in [2.75, 3.05) is 19.8 Å². The van der Waals surface area contributed by atoms with E-state index in [9.17, 15) is 23.8 Å². The van der Waals surface area contributed by atoms with Crippen LogP contribution in [0.2, 0.25) is 0 Å². The van der Waals surface area contributed by atoms with Crippen molar-refractivity contribution in [3.63, 3.8) is 0 Å². The van der Waals surface area contributed by atoms with Crippen LogP contribution in [0.15, 0.2) is 48.6 Å². The first kappa shape index (κ1) is 55.4. The maximum Gasteiger partial charge on any atom is 0.472 e. The minimum atomic E-state index is -4.73. The summed E-state index contributed by atoms with van der Waals surface area (Å²) in [4.78, 5) is 46.0. The number of nitrogens with two attached hydrogens (primary N) is 1. The third kappa shape index (κ3) is 40.2. The van der Waals surface area contributed by atoms with Crippen LogP contribution in [0.1, 0.15) is 194 Å². The molecule has 3 atom stereocenters. The van der Waals surface area contributed by atoms with E-state index in [0.717, 1.165) is 51.4 Å². The van der Waals surface area contributed by atoms with Crippen molar-refractivity contribution in [1.82, 2.24) is 0 Å². The van der Waals surface area contributed by atoms with Crippen LogP contribution in [0.4, 0.5) is 0 Å². The number of phosphoric acid groups is 1. The molecule has 0 heterocycles. The van der Waals surface area contributed by atoms with E-state index in [1.165, 1.54) is 103 Å². The molecule has 0 rings (SSSR count). The molecule has 0 amide bonds. The highest BCUT2D eigenvalue weighted by atomic mass is 31.2. The molecule has 11 nitrogen and oxygen atoms in total. The summed E-state index contributed by atoms with van der Waals surface area (Å²) in [6, 6.07) is -1.53. The first-order valence-corrected chi connectivity index (χ1v) is 24.2. The van der Waals surface area contributed by atoms with Crippen LogP contribution in [-0.2, 0) is 37.5 Å². The largest absolute Gasteiger partial charge is 0.480 e. The molecular formula is C46H82NO10P. The van der Waals surface area contributed by atoms with Crippen LogP contribution in [0.3, 0.4) is 0 Å². The van der Waals surface area contributed by atoms with E-state index in [0.29, 0.717) is 12.8 Å². The molecule has 0 bridgehead atoms. The number of hydrogen-bond donors (Lipinski definition) is 3. The van der Waals surface area contributed by atoms with Gasteiger partial charge in [0.2, 0.25) is 0 Å². The Bertz CT molecular complexity index is 1170. The number of ether oxygens (including phenoxy) is 2. The molecule has 0 spiro atoms. The second-order valence-electron chi connectivity index (χ2n) is 15.2. The van der Waals surface area contributed by atoms with Crippen molar-refractivity contribution < 1.29 is 47.5 Å². The Hall–Kier alpha value is -2.56. The van der Waals surface area contributed by atoms with Crippen LogP contribution in [0, 0.1) is 0 Å². The number of esters is 2. The summed E-state index contributed by atoms with van der Waals surface area (Å²) < 4.78 is 32.7. The van der Waals surface area contributed by atoms with Crippen molar-refractivity contribution in [3.05, 3.63) is 48.6 Å². The minimum absolute atomic E-state index is 0.150. The van der Waals surface area contributed by atoms with Crippen LogP contribution in [-0.4, -0.2) is 59.9 Å². The number of carboxylic acid groups (broad SMARTS) is 1. The maximum absolute atomic E-state index is 12.6. The van der Waals surface area contributed by atoms with Crippen LogP contribution in [0.5, 0.6) is 0 Å². The number of carboxylic acids is 1. The maximum atomic E-state index is 12.6. The molecule has 0 saturated heterocycles. The molecule has 58 heavy (non-hydrogen) atoms. The van der Waals surface area contributed by atoms with Gasteiger partial charge in [-0.25, -0.2) is 4.57 Å². The molecule has 0 aliphatic heterocycles. The highest BCUT2D eigenvalue weighted by molar-refractivity contribution is 7.47. The number of unbranched alkanes of at least 4 members (excludes halogenated alkanes) is 20. The summed E-state index contributed by atoms with van der Waals surface area (Å²) in [6.07, 6.45) is 46.0. The zero-order valence-corrected chi connectivity index (χ0v) is 37.3. The number of carbonyl (C=O) groups is 3. The molecule has 0 aromatic heterocycles. The van der Waals surface area contributed by atoms with Gasteiger partial charge in [-0.1, -0.05) is 152 Å². The molecule has 0 aliphatic rings. The van der Waals surface area contributed by atoms with Crippen molar-refractivity contribution in [2.24, 2.45) is 5.73 Å². The lowest BCUT2D eigenvalue weighted by Gasteiger charge is -2.20. The molecule has 0 radical (unpaired) electrons. The van der Waals surface area contributed by atoms with Crippen molar-refractivity contribution >= 4 is 25.7 Å². The predicted molar refractivity (Wildman–Crippen MR) is 235 cm³/mol. The van der Waals surface area contributed by atoms with E-state index < -0.39 is 51.1 Å². The topological polar surface area (TPSA) is 172 Å². The summed E-state index contributed by atoms with van der Waals surface area (Å²) in [6.45, 7) is 2.73. The highest BCUT2D eigenvalue weighted by Gasteiger charge is 2.28. The van der Waals surface area contributed by atoms with Crippen LogP contribution in [0.25, 0.3) is 0 Å². The first-order valence-electron chi connectivity index (χ1n) is 22.7. The normalized spacial score (nSPS) is 14.1. The van der Waals surface area contributed by atoms with Gasteiger partial charge in [0.25, 0.3) is 0 Å². The van der Waals surface area contributed by atoms with Gasteiger partial charge >= 0.3 is 25.7 Å². The lowest BCUT2D eigenvalue weighted by atomic mass is 10.1. The van der Waals surface area contributed by atoms with E-state index in [2.05, 4.69) is 67.0 Å².